The Morgan fingerprint density at radius 2 is 2.22 bits per heavy atom. The predicted molar refractivity (Wildman–Crippen MR) is 84.7 cm³/mol. The van der Waals surface area contributed by atoms with Gasteiger partial charge in [0.25, 0.3) is 5.56 Å². The van der Waals surface area contributed by atoms with E-state index in [9.17, 15) is 9.59 Å². The molecule has 2 aromatic heterocycles. The average Bonchev–Trinajstić information content (AvgIpc) is 3.03. The largest absolute Gasteiger partial charge is 0.369 e. The highest BCUT2D eigenvalue weighted by molar-refractivity contribution is 5.71. The third kappa shape index (κ3) is 2.52. The minimum Gasteiger partial charge on any atom is -0.369 e. The Morgan fingerprint density at radius 1 is 1.43 bits per heavy atom. The van der Waals surface area contributed by atoms with Gasteiger partial charge in [-0.3, -0.25) is 14.3 Å². The van der Waals surface area contributed by atoms with Crippen LogP contribution in [0.4, 0.5) is 5.95 Å². The molecule has 122 valence electrons. The third-order valence-corrected chi connectivity index (χ3v) is 3.94. The number of nitrogens with zero attached hydrogens (tertiary/aromatic N) is 3. The molecule has 2 unspecified atom stereocenters. The van der Waals surface area contributed by atoms with Crippen LogP contribution in [0.5, 0.6) is 0 Å². The van der Waals surface area contributed by atoms with E-state index >= 15 is 0 Å². The molecule has 9 nitrogen and oxygen atoms in total. The summed E-state index contributed by atoms with van der Waals surface area (Å²) in [6, 6.07) is 0. The lowest BCUT2D eigenvalue weighted by molar-refractivity contribution is -0.000217. The number of imidazole rings is 1. The van der Waals surface area contributed by atoms with E-state index in [2.05, 4.69) is 15.9 Å². The maximum Gasteiger partial charge on any atom is 0.333 e. The van der Waals surface area contributed by atoms with Crippen molar-refractivity contribution >= 4 is 17.1 Å². The first-order valence-electron chi connectivity index (χ1n) is 7.36. The number of aromatic amines is 1. The van der Waals surface area contributed by atoms with Crippen LogP contribution in [0, 0.1) is 12.3 Å². The van der Waals surface area contributed by atoms with Gasteiger partial charge in [0.1, 0.15) is 6.23 Å². The first-order chi connectivity index (χ1) is 11.1. The van der Waals surface area contributed by atoms with Crippen LogP contribution in [0.3, 0.4) is 0 Å². The predicted octanol–water partition coefficient (Wildman–Crippen LogP) is -0.872. The summed E-state index contributed by atoms with van der Waals surface area (Å²) in [5, 5.41) is 0. The molecule has 0 aromatic carbocycles. The van der Waals surface area contributed by atoms with Gasteiger partial charge in [0, 0.05) is 0 Å². The normalized spacial score (nSPS) is 20.9. The molecule has 23 heavy (non-hydrogen) atoms. The van der Waals surface area contributed by atoms with Crippen molar-refractivity contribution in [2.45, 2.75) is 38.1 Å². The molecule has 1 aliphatic rings. The van der Waals surface area contributed by atoms with E-state index < -0.39 is 17.5 Å². The molecule has 1 aliphatic heterocycles. The highest BCUT2D eigenvalue weighted by Gasteiger charge is 2.31. The van der Waals surface area contributed by atoms with Gasteiger partial charge in [-0.2, -0.15) is 4.98 Å². The Balaban J connectivity index is 2.18. The van der Waals surface area contributed by atoms with Crippen LogP contribution < -0.4 is 22.7 Å². The number of anilines is 1. The number of hydrogen-bond donors (Lipinski definition) is 3. The number of ether oxygens (including phenoxy) is 1. The van der Waals surface area contributed by atoms with E-state index in [0.717, 1.165) is 6.42 Å². The molecule has 3 heterocycles. The number of nitrogens with one attached hydrogen (secondary N) is 1. The number of nitrogen functional groups attached to an aromatic ring is 1. The maximum atomic E-state index is 12.7. The number of rotatable bonds is 4. The summed E-state index contributed by atoms with van der Waals surface area (Å²) in [6.07, 6.45) is 6.92. The minimum absolute atomic E-state index is 0.0118. The zero-order valence-electron chi connectivity index (χ0n) is 12.5. The number of terminal acetylenes is 1. The lowest BCUT2D eigenvalue weighted by atomic mass is 10.2. The van der Waals surface area contributed by atoms with E-state index in [0.29, 0.717) is 19.4 Å². The molecule has 1 fully saturated rings. The van der Waals surface area contributed by atoms with Crippen molar-refractivity contribution in [3.63, 3.8) is 0 Å². The molecule has 5 N–H and O–H groups in total. The lowest BCUT2D eigenvalue weighted by Gasteiger charge is -2.14. The highest BCUT2D eigenvalue weighted by atomic mass is 16.5. The van der Waals surface area contributed by atoms with Crippen LogP contribution >= 0.6 is 0 Å². The number of H-pyrrole nitrogens is 1. The van der Waals surface area contributed by atoms with Gasteiger partial charge in [-0.1, -0.05) is 5.92 Å². The Labute approximate surface area is 131 Å². The second-order valence-corrected chi connectivity index (χ2v) is 5.43. The minimum atomic E-state index is -0.505. The van der Waals surface area contributed by atoms with Crippen LogP contribution in [0.2, 0.25) is 0 Å². The molecule has 0 spiro atoms. The summed E-state index contributed by atoms with van der Waals surface area (Å²) in [6.45, 7) is 0.478. The molecule has 0 bridgehead atoms. The van der Waals surface area contributed by atoms with Crippen molar-refractivity contribution in [3.05, 3.63) is 20.8 Å². The molecule has 9 heteroatoms. The Hall–Kier alpha value is -2.57. The second kappa shape index (κ2) is 5.91. The van der Waals surface area contributed by atoms with Crippen LogP contribution in [-0.2, 0) is 11.3 Å². The van der Waals surface area contributed by atoms with Gasteiger partial charge in [0.2, 0.25) is 5.95 Å². The smallest absolute Gasteiger partial charge is 0.333 e. The van der Waals surface area contributed by atoms with Gasteiger partial charge in [0.15, 0.2) is 11.2 Å². The molecular formula is C14H18N6O3. The summed E-state index contributed by atoms with van der Waals surface area (Å²) >= 11 is 0. The number of nitrogens with two attached hydrogens (primary N) is 2. The second-order valence-electron chi connectivity index (χ2n) is 5.43. The molecule has 0 amide bonds. The summed E-state index contributed by atoms with van der Waals surface area (Å²) in [7, 11) is 0. The van der Waals surface area contributed by atoms with E-state index in [-0.39, 0.29) is 29.8 Å². The van der Waals surface area contributed by atoms with E-state index in [1.807, 2.05) is 0 Å². The molecule has 1 saturated heterocycles. The third-order valence-electron chi connectivity index (χ3n) is 3.94. The topological polar surface area (TPSA) is 134 Å². The van der Waals surface area contributed by atoms with Crippen LogP contribution in [0.1, 0.15) is 25.5 Å². The van der Waals surface area contributed by atoms with Gasteiger partial charge in [-0.05, 0) is 25.8 Å². The van der Waals surface area contributed by atoms with Crippen LogP contribution in [0.25, 0.3) is 11.2 Å². The number of hydrogen-bond acceptors (Lipinski definition) is 6. The Morgan fingerprint density at radius 3 is 2.91 bits per heavy atom. The van der Waals surface area contributed by atoms with Crippen LogP contribution in [-0.4, -0.2) is 31.8 Å². The fraction of sp³-hybridized carbons (Fsp3) is 0.500. The van der Waals surface area contributed by atoms with E-state index in [1.54, 1.807) is 0 Å². The van der Waals surface area contributed by atoms with E-state index in [1.165, 1.54) is 9.13 Å². The average molecular weight is 318 g/mol. The molecular weight excluding hydrogens is 300 g/mol. The van der Waals surface area contributed by atoms with E-state index in [4.69, 9.17) is 22.6 Å². The standard InChI is InChI=1S/C14H18N6O3/c1-2-7-19-10-11(17-13(16)18-12(10)21)20(14(19)22)9-4-3-8(23-9)5-6-15/h1,8-9H,3-7,15H2,(H3,16,17,18,21). The summed E-state index contributed by atoms with van der Waals surface area (Å²) < 4.78 is 8.44. The SMILES string of the molecule is C#CCn1c(=O)n(C2CCC(CCN)O2)c2nc(N)[nH]c(=O)c21. The van der Waals surface area contributed by atoms with Crippen molar-refractivity contribution < 1.29 is 4.74 Å². The van der Waals surface area contributed by atoms with Crippen molar-refractivity contribution in [1.82, 2.24) is 19.1 Å². The van der Waals surface area contributed by atoms with Crippen molar-refractivity contribution in [2.24, 2.45) is 5.73 Å². The lowest BCUT2D eigenvalue weighted by Crippen LogP contribution is -2.28. The quantitative estimate of drug-likeness (QED) is 0.627. The van der Waals surface area contributed by atoms with Gasteiger partial charge >= 0.3 is 5.69 Å². The Kier molecular flexibility index (Phi) is 3.94. The van der Waals surface area contributed by atoms with Crippen molar-refractivity contribution in [1.29, 1.82) is 0 Å². The monoisotopic (exact) mass is 318 g/mol. The first-order valence-corrected chi connectivity index (χ1v) is 7.36. The summed E-state index contributed by atoms with van der Waals surface area (Å²) in [5.74, 6) is 2.31. The Bertz CT molecular complexity index is 887. The zero-order chi connectivity index (χ0) is 16.6. The maximum absolute atomic E-state index is 12.7. The zero-order valence-corrected chi connectivity index (χ0v) is 12.5. The van der Waals surface area contributed by atoms with Gasteiger partial charge in [0.05, 0.1) is 12.6 Å². The van der Waals surface area contributed by atoms with Gasteiger partial charge in [-0.25, -0.2) is 9.36 Å². The molecule has 0 radical (unpaired) electrons. The molecule has 0 aliphatic carbocycles. The first kappa shape index (κ1) is 15.3. The summed E-state index contributed by atoms with van der Waals surface area (Å²) in [4.78, 5) is 31.3. The fourth-order valence-corrected chi connectivity index (χ4v) is 2.97. The van der Waals surface area contributed by atoms with Gasteiger partial charge in [-0.15, -0.1) is 6.42 Å². The van der Waals surface area contributed by atoms with Crippen molar-refractivity contribution in [3.8, 4) is 12.3 Å². The molecule has 0 saturated carbocycles. The fourth-order valence-electron chi connectivity index (χ4n) is 2.97. The number of aromatic nitrogens is 4. The van der Waals surface area contributed by atoms with Crippen LogP contribution in [0.15, 0.2) is 9.59 Å². The number of fused-ring (bicyclic) bond motifs is 1. The summed E-state index contributed by atoms with van der Waals surface area (Å²) in [5.41, 5.74) is 10.5. The molecule has 2 atom stereocenters. The molecule has 3 rings (SSSR count). The van der Waals surface area contributed by atoms with Crippen molar-refractivity contribution in [2.75, 3.05) is 12.3 Å². The highest BCUT2D eigenvalue weighted by Crippen LogP contribution is 2.30. The molecule has 2 aromatic rings. The van der Waals surface area contributed by atoms with Gasteiger partial charge < -0.3 is 16.2 Å².